The van der Waals surface area contributed by atoms with Gasteiger partial charge in [0, 0.05) is 120 Å². The van der Waals surface area contributed by atoms with E-state index < -0.39 is 155 Å². The molecule has 0 radical (unpaired) electrons. The summed E-state index contributed by atoms with van der Waals surface area (Å²) in [6.07, 6.45) is 11.9. The average Bonchev–Trinajstić information content (AvgIpc) is 1.62. The van der Waals surface area contributed by atoms with E-state index in [1.807, 2.05) is 125 Å². The molecule has 7 aliphatic rings. The van der Waals surface area contributed by atoms with Crippen molar-refractivity contribution in [1.29, 1.82) is 0 Å². The van der Waals surface area contributed by atoms with E-state index in [1.165, 1.54) is 53.5 Å². The van der Waals surface area contributed by atoms with Crippen LogP contribution in [0, 0.1) is 98.5 Å². The molecule has 0 aromatic heterocycles. The largest absolute Gasteiger partial charge is 0.387 e. The van der Waals surface area contributed by atoms with Crippen molar-refractivity contribution in [2.75, 3.05) is 65.6 Å². The maximum absolute atomic E-state index is 15.1. The summed E-state index contributed by atoms with van der Waals surface area (Å²) in [5.41, 5.74) is 15.0. The molecule has 0 spiro atoms. The second kappa shape index (κ2) is 46.7. The first-order chi connectivity index (χ1) is 64.5. The Morgan fingerprint density at radius 1 is 0.404 bits per heavy atom. The lowest BCUT2D eigenvalue weighted by molar-refractivity contribution is -0.156. The van der Waals surface area contributed by atoms with Crippen molar-refractivity contribution in [3.8, 4) is 0 Å². The van der Waals surface area contributed by atoms with Crippen molar-refractivity contribution in [3.63, 3.8) is 0 Å². The number of carbonyl (C=O) groups is 12. The number of ketones is 2. The third-order valence-corrected chi connectivity index (χ3v) is 28.2. The topological polar surface area (TPSA) is 349 Å². The van der Waals surface area contributed by atoms with E-state index in [0.29, 0.717) is 82.1 Å². The number of imide groups is 4. The number of hydrogen-bond acceptors (Lipinski definition) is 18. The van der Waals surface area contributed by atoms with Gasteiger partial charge in [-0.25, -0.2) is 26.3 Å². The van der Waals surface area contributed by atoms with Crippen LogP contribution in [0.3, 0.4) is 0 Å². The second-order valence-electron chi connectivity index (χ2n) is 40.7. The first-order valence-electron chi connectivity index (χ1n) is 47.1. The summed E-state index contributed by atoms with van der Waals surface area (Å²) in [6, 6.07) is 36.4. The van der Waals surface area contributed by atoms with E-state index in [9.17, 15) is 86.0 Å². The van der Waals surface area contributed by atoms with E-state index in [2.05, 4.69) is 38.2 Å². The number of carbonyl (C=O) groups excluding carboxylic acids is 12. The van der Waals surface area contributed by atoms with Crippen molar-refractivity contribution < 1.29 is 99.2 Å². The third kappa shape index (κ3) is 26.7. The summed E-state index contributed by atoms with van der Waals surface area (Å²) >= 11 is 0. The lowest BCUT2D eigenvalue weighted by atomic mass is 9.72. The highest BCUT2D eigenvalue weighted by Crippen LogP contribution is 2.55. The molecule has 13 rings (SSSR count). The zero-order valence-corrected chi connectivity index (χ0v) is 78.9. The molecular weight excluding hydrogens is 1750 g/mol. The fourth-order valence-electron chi connectivity index (χ4n) is 22.2. The lowest BCUT2D eigenvalue weighted by Crippen LogP contribution is -2.57. The van der Waals surface area contributed by atoms with Gasteiger partial charge in [-0.1, -0.05) is 153 Å². The normalized spacial score (nSPS) is 22.7. The van der Waals surface area contributed by atoms with Crippen molar-refractivity contribution in [1.82, 2.24) is 34.7 Å². The van der Waals surface area contributed by atoms with Gasteiger partial charge in [0.1, 0.15) is 60.5 Å². The number of halogens is 6. The molecular formula is C106H129F6N9O15. The number of nitrogens with zero attached hydrogens (tertiary/aromatic N) is 6. The number of nitrogens with two attached hydrogens (primary N) is 2. The fraction of sp³-hybridized carbons (Fsp3) is 0.491. The number of rotatable bonds is 36. The van der Waals surface area contributed by atoms with Gasteiger partial charge in [0.2, 0.25) is 17.7 Å². The molecule has 4 fully saturated rings. The quantitative estimate of drug-likeness (QED) is 0.0157. The first-order valence-corrected chi connectivity index (χ1v) is 47.1. The van der Waals surface area contributed by atoms with Crippen LogP contribution in [0.2, 0.25) is 0 Å². The minimum absolute atomic E-state index is 0.0223. The number of nitrogens with one attached hydrogen (secondary N) is 1. The number of aliphatic hydroxyl groups excluding tert-OH is 3. The first kappa shape index (κ1) is 105. The molecule has 136 heavy (non-hydrogen) atoms. The number of benzene rings is 6. The van der Waals surface area contributed by atoms with Crippen molar-refractivity contribution in [3.05, 3.63) is 250 Å². The summed E-state index contributed by atoms with van der Waals surface area (Å²) in [6.45, 7) is 17.4. The van der Waals surface area contributed by atoms with Crippen LogP contribution in [0.5, 0.6) is 0 Å². The number of aliphatic hydroxyl groups is 3. The van der Waals surface area contributed by atoms with Crippen molar-refractivity contribution in [2.45, 2.75) is 200 Å². The summed E-state index contributed by atoms with van der Waals surface area (Å²) in [5, 5.41) is 33.6. The SMILES string of the molecule is CC(C)(C)[C@H](C1CC(c2cc(F)ccc2F)CC1Cc1ccccc1)N(C(=O)CO)C(=O)C[C@H](N)C(=O)CCN1C(=O)C=CC1=O.CC(C)(C)[C@H](C1CC(c2cc(F)ccc2F)CC1Cc1ccccc1)N(CC1CNCC1CN1C(=O)C=CC1=O)C(=O)CO.CC(C)(C)[C@H](C1CC(c2cc(F)ccc2F)CC1Cc1ccccc1)N(CC[C@H](N)C(=O)CCCN1C(=O)C=CC1=O)C(=O)CO. The summed E-state index contributed by atoms with van der Waals surface area (Å²) in [4.78, 5) is 160. The molecule has 4 heterocycles. The Morgan fingerprint density at radius 3 is 1.13 bits per heavy atom. The smallest absolute Gasteiger partial charge is 0.255 e. The second-order valence-corrected chi connectivity index (χ2v) is 40.7. The number of amides is 10. The Hall–Kier alpha value is -11.3. The lowest BCUT2D eigenvalue weighted by Gasteiger charge is -2.47. The predicted octanol–water partition coefficient (Wildman–Crippen LogP) is 12.5. The van der Waals surface area contributed by atoms with Gasteiger partial charge in [-0.2, -0.15) is 0 Å². The molecule has 730 valence electrons. The highest BCUT2D eigenvalue weighted by Gasteiger charge is 2.53. The molecule has 16 atom stereocenters. The third-order valence-electron chi connectivity index (χ3n) is 28.2. The maximum atomic E-state index is 15.1. The Balaban J connectivity index is 0.000000196. The minimum atomic E-state index is -1.33. The van der Waals surface area contributed by atoms with Gasteiger partial charge in [0.05, 0.1) is 12.1 Å². The molecule has 30 heteroatoms. The number of Topliss-reactive ketones (excluding diaryl/α,β-unsaturated/α-hetero) is 2. The predicted molar refractivity (Wildman–Crippen MR) is 499 cm³/mol. The van der Waals surface area contributed by atoms with Crippen LogP contribution < -0.4 is 16.8 Å². The highest BCUT2D eigenvalue weighted by atomic mass is 19.1. The van der Waals surface area contributed by atoms with Crippen molar-refractivity contribution in [2.24, 2.45) is 75.1 Å². The standard InChI is InChI=1S/C36H45F2N3O5.C35H41F2N3O6.C35H43F2N3O4/c1-36(2,3)35(41(34(46)22-42)17-15-30(39)31(43)10-7-16-40-32(44)13-14-33(40)45)28-20-25(27-21-26(37)11-12-29(27)38)19-24(28)18-23-8-5-4-6-9-23;1-35(2,3)34(40(33(46)20-41)32(45)19-28(38)29(42)13-14-39-30(43)11-12-31(39)44)26-17-23(25-18-24(36)9-10-27(25)37)16-22(26)15-21-7-5-4-6-8-21;1-35(2,3)34(40(33(44)21-41)20-26-18-38-17-25(26)19-39-31(42)11-12-32(39)43)29-15-24(28-16-27(36)9-10-30(28)37)14-23(29)13-22-7-5-4-6-8-22/h4-6,8-9,11-14,21,24-25,28,30,35,42H,7,10,15-20,22,39H2,1-3H3;4-12,18,22-23,26,28,34,41H,13-17,19-20,38H2,1-3H3;4-12,16,23-26,29,34,38,41H,13-15,17-21H2,1-3H3/t24?,25?,28?,30-,35-;22?,23?,26?,28-,34-;23?,24?,25?,26?,29?,34-/m000/s1. The Labute approximate surface area is 791 Å². The van der Waals surface area contributed by atoms with Crippen LogP contribution in [0.25, 0.3) is 0 Å². The van der Waals surface area contributed by atoms with Gasteiger partial charge in [-0.05, 0) is 240 Å². The van der Waals surface area contributed by atoms with Gasteiger partial charge in [0.25, 0.3) is 41.4 Å². The van der Waals surface area contributed by atoms with Gasteiger partial charge in [-0.3, -0.25) is 77.1 Å². The molecule has 3 saturated carbocycles. The Kier molecular flexibility index (Phi) is 36.1. The molecule has 3 aliphatic carbocycles. The van der Waals surface area contributed by atoms with Crippen LogP contribution in [0.15, 0.2) is 182 Å². The molecule has 11 unspecified atom stereocenters. The van der Waals surface area contributed by atoms with E-state index in [0.717, 1.165) is 80.3 Å². The molecule has 6 aromatic rings. The van der Waals surface area contributed by atoms with Crippen LogP contribution in [-0.4, -0.2) is 211 Å². The zero-order chi connectivity index (χ0) is 98.9. The maximum Gasteiger partial charge on any atom is 0.255 e. The molecule has 24 nitrogen and oxygen atoms in total. The fourth-order valence-corrected chi connectivity index (χ4v) is 22.2. The zero-order valence-electron chi connectivity index (χ0n) is 78.9. The van der Waals surface area contributed by atoms with Gasteiger partial charge >= 0.3 is 0 Å². The summed E-state index contributed by atoms with van der Waals surface area (Å²) in [5.74, 6) is -10.5. The van der Waals surface area contributed by atoms with E-state index in [1.54, 1.807) is 4.90 Å². The van der Waals surface area contributed by atoms with Crippen LogP contribution in [-0.2, 0) is 76.8 Å². The molecule has 4 aliphatic heterocycles. The van der Waals surface area contributed by atoms with Crippen LogP contribution in [0.1, 0.15) is 184 Å². The van der Waals surface area contributed by atoms with Gasteiger partial charge in [0.15, 0.2) is 5.78 Å². The minimum Gasteiger partial charge on any atom is -0.387 e. The Bertz CT molecular complexity index is 5320. The van der Waals surface area contributed by atoms with Crippen molar-refractivity contribution >= 4 is 70.6 Å². The van der Waals surface area contributed by atoms with E-state index in [-0.39, 0.29) is 146 Å². The van der Waals surface area contributed by atoms with E-state index >= 15 is 13.2 Å². The van der Waals surface area contributed by atoms with Crippen LogP contribution in [0.4, 0.5) is 26.3 Å². The van der Waals surface area contributed by atoms with Gasteiger partial charge in [-0.15, -0.1) is 0 Å². The average molecular weight is 1880 g/mol. The van der Waals surface area contributed by atoms with Crippen LogP contribution >= 0.6 is 0 Å². The van der Waals surface area contributed by atoms with Gasteiger partial charge < -0.3 is 41.9 Å². The van der Waals surface area contributed by atoms with E-state index in [4.69, 9.17) is 11.5 Å². The molecule has 10 amide bonds. The molecule has 0 bridgehead atoms. The highest BCUT2D eigenvalue weighted by molar-refractivity contribution is 6.14. The monoisotopic (exact) mass is 1880 g/mol. The molecule has 6 aromatic carbocycles. The molecule has 1 saturated heterocycles. The number of hydrogen-bond donors (Lipinski definition) is 6. The summed E-state index contributed by atoms with van der Waals surface area (Å²) in [7, 11) is 0. The Morgan fingerprint density at radius 2 is 0.750 bits per heavy atom. The molecule has 8 N–H and O–H groups in total. The summed E-state index contributed by atoms with van der Waals surface area (Å²) < 4.78 is 88.0.